The van der Waals surface area contributed by atoms with Crippen molar-refractivity contribution in [3.63, 3.8) is 0 Å². The molecule has 0 aromatic heterocycles. The number of ether oxygens (including phenoxy) is 1. The molecule has 1 saturated heterocycles. The number of para-hydroxylation sites is 1. The van der Waals surface area contributed by atoms with Crippen LogP contribution in [-0.4, -0.2) is 48.4 Å². The van der Waals surface area contributed by atoms with Crippen LogP contribution in [0.2, 0.25) is 0 Å². The average molecular weight is 320 g/mol. The average Bonchev–Trinajstić information content (AvgIpc) is 3.03. The molecule has 2 N–H and O–H groups in total. The Kier molecular flexibility index (Phi) is 6.28. The number of methoxy groups -OCH3 is 1. The maximum absolute atomic E-state index is 12.5. The first-order valence-electron chi connectivity index (χ1n) is 8.36. The lowest BCUT2D eigenvalue weighted by molar-refractivity contribution is 0.152. The largest absolute Gasteiger partial charge is 0.496 e. The summed E-state index contributed by atoms with van der Waals surface area (Å²) >= 11 is 0. The van der Waals surface area contributed by atoms with E-state index >= 15 is 0 Å². The van der Waals surface area contributed by atoms with Gasteiger partial charge in [0.2, 0.25) is 0 Å². The molecule has 2 amide bonds. The Morgan fingerprint density at radius 2 is 2.17 bits per heavy atom. The summed E-state index contributed by atoms with van der Waals surface area (Å²) in [5, 5.41) is 12.5. The molecule has 1 aromatic rings. The third-order valence-electron chi connectivity index (χ3n) is 4.59. The van der Waals surface area contributed by atoms with Crippen molar-refractivity contribution in [2.45, 2.75) is 45.2 Å². The number of carbonyl (C=O) groups excluding carboxylic acids is 1. The summed E-state index contributed by atoms with van der Waals surface area (Å²) in [6, 6.07) is 7.81. The molecular formula is C18H28N2O3. The van der Waals surface area contributed by atoms with Crippen molar-refractivity contribution in [1.29, 1.82) is 0 Å². The minimum atomic E-state index is -0.0739. The summed E-state index contributed by atoms with van der Waals surface area (Å²) in [5.41, 5.74) is 1.09. The zero-order chi connectivity index (χ0) is 16.8. The summed E-state index contributed by atoms with van der Waals surface area (Å²) in [4.78, 5) is 14.3. The van der Waals surface area contributed by atoms with E-state index in [9.17, 15) is 9.90 Å². The molecule has 0 unspecified atom stereocenters. The molecule has 0 bridgehead atoms. The molecule has 128 valence electrons. The lowest BCUT2D eigenvalue weighted by atomic mass is 9.96. The maximum Gasteiger partial charge on any atom is 0.317 e. The molecule has 0 saturated carbocycles. The van der Waals surface area contributed by atoms with Crippen molar-refractivity contribution in [1.82, 2.24) is 10.2 Å². The summed E-state index contributed by atoms with van der Waals surface area (Å²) in [6.45, 7) is 4.96. The molecule has 0 spiro atoms. The van der Waals surface area contributed by atoms with Gasteiger partial charge in [0.15, 0.2) is 0 Å². The number of carbonyl (C=O) groups is 1. The van der Waals surface area contributed by atoms with Gasteiger partial charge in [-0.25, -0.2) is 4.79 Å². The minimum Gasteiger partial charge on any atom is -0.496 e. The SMILES string of the molecule is COc1ccccc1C[C@@H](NC(=O)N1CCC[C@@H]1CO)C(C)C. The van der Waals surface area contributed by atoms with E-state index in [1.165, 1.54) is 0 Å². The fourth-order valence-corrected chi connectivity index (χ4v) is 3.10. The van der Waals surface area contributed by atoms with Gasteiger partial charge in [0, 0.05) is 12.6 Å². The van der Waals surface area contributed by atoms with Gasteiger partial charge in [0.25, 0.3) is 0 Å². The monoisotopic (exact) mass is 320 g/mol. The van der Waals surface area contributed by atoms with E-state index in [4.69, 9.17) is 4.74 Å². The van der Waals surface area contributed by atoms with E-state index < -0.39 is 0 Å². The predicted molar refractivity (Wildman–Crippen MR) is 90.7 cm³/mol. The van der Waals surface area contributed by atoms with E-state index in [1.54, 1.807) is 12.0 Å². The number of urea groups is 1. The number of benzene rings is 1. The van der Waals surface area contributed by atoms with E-state index in [0.717, 1.165) is 37.1 Å². The molecule has 2 atom stereocenters. The highest BCUT2D eigenvalue weighted by Gasteiger charge is 2.30. The number of hydrogen-bond donors (Lipinski definition) is 2. The van der Waals surface area contributed by atoms with Gasteiger partial charge in [-0.05, 0) is 36.8 Å². The molecule has 2 rings (SSSR count). The minimum absolute atomic E-state index is 0.0266. The highest BCUT2D eigenvalue weighted by molar-refractivity contribution is 5.75. The Bertz CT molecular complexity index is 519. The number of aliphatic hydroxyl groups excluding tert-OH is 1. The highest BCUT2D eigenvalue weighted by Crippen LogP contribution is 2.22. The summed E-state index contributed by atoms with van der Waals surface area (Å²) in [6.07, 6.45) is 2.56. The fraction of sp³-hybridized carbons (Fsp3) is 0.611. The summed E-state index contributed by atoms with van der Waals surface area (Å²) < 4.78 is 5.41. The van der Waals surface area contributed by atoms with Gasteiger partial charge in [0.05, 0.1) is 19.8 Å². The van der Waals surface area contributed by atoms with Crippen LogP contribution in [0.4, 0.5) is 4.79 Å². The van der Waals surface area contributed by atoms with Crippen LogP contribution in [0.1, 0.15) is 32.3 Å². The Morgan fingerprint density at radius 3 is 2.83 bits per heavy atom. The zero-order valence-electron chi connectivity index (χ0n) is 14.3. The standard InChI is InChI=1S/C18H28N2O3/c1-13(2)16(11-14-7-4-5-9-17(14)23-3)19-18(22)20-10-6-8-15(20)12-21/h4-5,7,9,13,15-16,21H,6,8,10-12H2,1-3H3,(H,19,22)/t15-,16-/m1/s1. The van der Waals surface area contributed by atoms with E-state index in [2.05, 4.69) is 19.2 Å². The molecule has 1 aliphatic heterocycles. The summed E-state index contributed by atoms with van der Waals surface area (Å²) in [5.74, 6) is 1.15. The van der Waals surface area contributed by atoms with Gasteiger partial charge in [-0.15, -0.1) is 0 Å². The summed E-state index contributed by atoms with van der Waals surface area (Å²) in [7, 11) is 1.66. The highest BCUT2D eigenvalue weighted by atomic mass is 16.5. The normalized spacial score (nSPS) is 19.0. The first-order valence-corrected chi connectivity index (χ1v) is 8.36. The van der Waals surface area contributed by atoms with Crippen LogP contribution in [0.5, 0.6) is 5.75 Å². The molecule has 1 heterocycles. The molecule has 1 aliphatic rings. The smallest absolute Gasteiger partial charge is 0.317 e. The third kappa shape index (κ3) is 4.38. The van der Waals surface area contributed by atoms with Crippen molar-refractivity contribution in [2.24, 2.45) is 5.92 Å². The van der Waals surface area contributed by atoms with Crippen molar-refractivity contribution in [3.05, 3.63) is 29.8 Å². The van der Waals surface area contributed by atoms with E-state index in [1.807, 2.05) is 24.3 Å². The van der Waals surface area contributed by atoms with Crippen LogP contribution in [0.3, 0.4) is 0 Å². The van der Waals surface area contributed by atoms with Crippen LogP contribution in [-0.2, 0) is 6.42 Å². The second kappa shape index (κ2) is 8.20. The number of aliphatic hydroxyl groups is 1. The van der Waals surface area contributed by atoms with Gasteiger partial charge in [0.1, 0.15) is 5.75 Å². The van der Waals surface area contributed by atoms with Crippen LogP contribution in [0.25, 0.3) is 0 Å². The molecule has 1 aromatic carbocycles. The molecule has 0 aliphatic carbocycles. The first kappa shape index (κ1) is 17.6. The Labute approximate surface area is 138 Å². The fourth-order valence-electron chi connectivity index (χ4n) is 3.10. The second-order valence-electron chi connectivity index (χ2n) is 6.49. The molecule has 5 heteroatoms. The number of nitrogens with zero attached hydrogens (tertiary/aromatic N) is 1. The molecule has 23 heavy (non-hydrogen) atoms. The predicted octanol–water partition coefficient (Wildman–Crippen LogP) is 2.43. The van der Waals surface area contributed by atoms with Crippen molar-refractivity contribution < 1.29 is 14.6 Å². The molecule has 0 radical (unpaired) electrons. The van der Waals surface area contributed by atoms with Crippen molar-refractivity contribution >= 4 is 6.03 Å². The lowest BCUT2D eigenvalue weighted by Crippen LogP contribution is -2.49. The number of rotatable bonds is 6. The van der Waals surface area contributed by atoms with Gasteiger partial charge in [-0.3, -0.25) is 0 Å². The Balaban J connectivity index is 2.05. The van der Waals surface area contributed by atoms with Gasteiger partial charge >= 0.3 is 6.03 Å². The van der Waals surface area contributed by atoms with Crippen LogP contribution in [0, 0.1) is 5.92 Å². The van der Waals surface area contributed by atoms with Gasteiger partial charge in [-0.1, -0.05) is 32.0 Å². The lowest BCUT2D eigenvalue weighted by Gasteiger charge is -2.29. The molecule has 1 fully saturated rings. The first-order chi connectivity index (χ1) is 11.1. The zero-order valence-corrected chi connectivity index (χ0v) is 14.3. The van der Waals surface area contributed by atoms with Gasteiger partial charge in [-0.2, -0.15) is 0 Å². The maximum atomic E-state index is 12.5. The number of likely N-dealkylation sites (tertiary alicyclic amines) is 1. The number of nitrogens with one attached hydrogen (secondary N) is 1. The molecular weight excluding hydrogens is 292 g/mol. The van der Waals surface area contributed by atoms with E-state index in [-0.39, 0.29) is 24.7 Å². The number of hydrogen-bond acceptors (Lipinski definition) is 3. The quantitative estimate of drug-likeness (QED) is 0.846. The van der Waals surface area contributed by atoms with Crippen LogP contribution < -0.4 is 10.1 Å². The topological polar surface area (TPSA) is 61.8 Å². The van der Waals surface area contributed by atoms with Crippen LogP contribution >= 0.6 is 0 Å². The van der Waals surface area contributed by atoms with Crippen LogP contribution in [0.15, 0.2) is 24.3 Å². The third-order valence-corrected chi connectivity index (χ3v) is 4.59. The second-order valence-corrected chi connectivity index (χ2v) is 6.49. The Hall–Kier alpha value is -1.75. The van der Waals surface area contributed by atoms with Gasteiger partial charge < -0.3 is 20.1 Å². The van der Waals surface area contributed by atoms with E-state index in [0.29, 0.717) is 5.92 Å². The Morgan fingerprint density at radius 1 is 1.43 bits per heavy atom. The van der Waals surface area contributed by atoms with Crippen molar-refractivity contribution in [3.8, 4) is 5.75 Å². The van der Waals surface area contributed by atoms with Crippen molar-refractivity contribution in [2.75, 3.05) is 20.3 Å². The number of amides is 2. The molecule has 5 nitrogen and oxygen atoms in total.